The molecule has 3 nitrogen and oxygen atoms in total. The van der Waals surface area contributed by atoms with Crippen LogP contribution in [0.4, 0.5) is 0 Å². The third-order valence-electron chi connectivity index (χ3n) is 3.50. The number of hydrogen-bond donors (Lipinski definition) is 1. The molecule has 2 unspecified atom stereocenters. The first-order valence-corrected chi connectivity index (χ1v) is 6.13. The number of rotatable bonds is 2. The molecule has 2 atom stereocenters. The lowest BCUT2D eigenvalue weighted by atomic mass is 10.0. The van der Waals surface area contributed by atoms with E-state index in [0.717, 1.165) is 38.9 Å². The summed E-state index contributed by atoms with van der Waals surface area (Å²) in [5.41, 5.74) is 0.0685. The van der Waals surface area contributed by atoms with Crippen molar-refractivity contribution < 1.29 is 9.84 Å². The first kappa shape index (κ1) is 11.4. The van der Waals surface area contributed by atoms with Gasteiger partial charge < -0.3 is 9.84 Å². The van der Waals surface area contributed by atoms with Crippen LogP contribution < -0.4 is 0 Å². The molecule has 0 aromatic heterocycles. The zero-order valence-electron chi connectivity index (χ0n) is 9.91. The van der Waals surface area contributed by atoms with E-state index in [4.69, 9.17) is 4.74 Å². The fourth-order valence-corrected chi connectivity index (χ4v) is 2.69. The Kier molecular flexibility index (Phi) is 3.33. The molecule has 0 radical (unpaired) electrons. The molecule has 0 saturated carbocycles. The third kappa shape index (κ3) is 3.16. The number of hydrogen-bond acceptors (Lipinski definition) is 3. The lowest BCUT2D eigenvalue weighted by Gasteiger charge is -2.32. The summed E-state index contributed by atoms with van der Waals surface area (Å²) in [6.07, 6.45) is 4.68. The zero-order chi connectivity index (χ0) is 10.9. The van der Waals surface area contributed by atoms with E-state index in [1.807, 2.05) is 0 Å². The molecule has 0 aromatic rings. The highest BCUT2D eigenvalue weighted by Crippen LogP contribution is 2.30. The number of aliphatic hydroxyl groups excluding tert-OH is 1. The molecule has 2 fully saturated rings. The Hall–Kier alpha value is -0.120. The van der Waals surface area contributed by atoms with Gasteiger partial charge in [-0.3, -0.25) is 4.90 Å². The highest BCUT2D eigenvalue weighted by Gasteiger charge is 2.33. The van der Waals surface area contributed by atoms with Gasteiger partial charge in [-0.05, 0) is 46.1 Å². The Morgan fingerprint density at radius 1 is 1.40 bits per heavy atom. The van der Waals surface area contributed by atoms with Gasteiger partial charge in [0.25, 0.3) is 0 Å². The number of likely N-dealkylation sites (tertiary alicyclic amines) is 1. The van der Waals surface area contributed by atoms with Gasteiger partial charge in [-0.1, -0.05) is 0 Å². The van der Waals surface area contributed by atoms with E-state index >= 15 is 0 Å². The fraction of sp³-hybridized carbons (Fsp3) is 1.00. The molecule has 15 heavy (non-hydrogen) atoms. The summed E-state index contributed by atoms with van der Waals surface area (Å²) in [6, 6.07) is 0. The number of piperidine rings is 1. The van der Waals surface area contributed by atoms with Gasteiger partial charge in [0, 0.05) is 13.1 Å². The summed E-state index contributed by atoms with van der Waals surface area (Å²) in [5, 5.41) is 9.57. The quantitative estimate of drug-likeness (QED) is 0.752. The van der Waals surface area contributed by atoms with Crippen LogP contribution in [0.2, 0.25) is 0 Å². The van der Waals surface area contributed by atoms with Crippen LogP contribution in [0.25, 0.3) is 0 Å². The molecule has 0 spiro atoms. The van der Waals surface area contributed by atoms with Gasteiger partial charge in [-0.15, -0.1) is 0 Å². The Labute approximate surface area is 92.4 Å². The maximum absolute atomic E-state index is 9.57. The van der Waals surface area contributed by atoms with Crippen LogP contribution in [0.5, 0.6) is 0 Å². The van der Waals surface area contributed by atoms with E-state index in [1.54, 1.807) is 0 Å². The molecule has 2 saturated heterocycles. The monoisotopic (exact) mass is 213 g/mol. The minimum atomic E-state index is -0.117. The molecule has 0 aromatic carbocycles. The van der Waals surface area contributed by atoms with Gasteiger partial charge in [0.05, 0.1) is 17.8 Å². The molecule has 2 aliphatic rings. The lowest BCUT2D eigenvalue weighted by Crippen LogP contribution is -2.42. The van der Waals surface area contributed by atoms with Gasteiger partial charge in [0.2, 0.25) is 0 Å². The fourth-order valence-electron chi connectivity index (χ4n) is 2.69. The molecule has 2 aliphatic heterocycles. The summed E-state index contributed by atoms with van der Waals surface area (Å²) in [4.78, 5) is 2.35. The molecular formula is C12H23NO2. The molecule has 2 rings (SSSR count). The van der Waals surface area contributed by atoms with Gasteiger partial charge in [0.1, 0.15) is 0 Å². The van der Waals surface area contributed by atoms with Crippen LogP contribution in [0, 0.1) is 0 Å². The van der Waals surface area contributed by atoms with Crippen molar-refractivity contribution in [3.05, 3.63) is 0 Å². The number of aliphatic hydroxyl groups is 1. The number of β-amino-alcohol motifs (C(OH)–C–C–N with tert-alkyl or cyclic N) is 1. The summed E-state index contributed by atoms with van der Waals surface area (Å²) in [5.74, 6) is 0. The average molecular weight is 213 g/mol. The third-order valence-corrected chi connectivity index (χ3v) is 3.50. The smallest absolute Gasteiger partial charge is 0.0710 e. The van der Waals surface area contributed by atoms with Crippen molar-refractivity contribution in [1.82, 2.24) is 4.90 Å². The first-order chi connectivity index (χ1) is 7.05. The second-order valence-electron chi connectivity index (χ2n) is 5.59. The highest BCUT2D eigenvalue weighted by atomic mass is 16.5. The van der Waals surface area contributed by atoms with E-state index < -0.39 is 0 Å². The predicted molar refractivity (Wildman–Crippen MR) is 59.9 cm³/mol. The maximum Gasteiger partial charge on any atom is 0.0710 e. The van der Waals surface area contributed by atoms with Crippen LogP contribution in [0.15, 0.2) is 0 Å². The van der Waals surface area contributed by atoms with Crippen molar-refractivity contribution in [1.29, 1.82) is 0 Å². The molecular weight excluding hydrogens is 190 g/mol. The van der Waals surface area contributed by atoms with Crippen molar-refractivity contribution >= 4 is 0 Å². The minimum Gasteiger partial charge on any atom is -0.392 e. The van der Waals surface area contributed by atoms with Crippen molar-refractivity contribution in [3.63, 3.8) is 0 Å². The standard InChI is InChI=1S/C12H23NO2/c1-12(2)6-5-11(15-12)9-13-7-3-4-10(14)8-13/h10-11,14H,3-9H2,1-2H3. The molecule has 0 bridgehead atoms. The minimum absolute atomic E-state index is 0.0685. The van der Waals surface area contributed by atoms with Crippen molar-refractivity contribution in [2.75, 3.05) is 19.6 Å². The highest BCUT2D eigenvalue weighted by molar-refractivity contribution is 4.84. The Morgan fingerprint density at radius 2 is 2.20 bits per heavy atom. The molecule has 2 heterocycles. The van der Waals surface area contributed by atoms with Gasteiger partial charge >= 0.3 is 0 Å². The molecule has 1 N–H and O–H groups in total. The predicted octanol–water partition coefficient (Wildman–Crippen LogP) is 1.40. The van der Waals surface area contributed by atoms with Crippen molar-refractivity contribution in [2.24, 2.45) is 0 Å². The van der Waals surface area contributed by atoms with Gasteiger partial charge in [0.15, 0.2) is 0 Å². The van der Waals surface area contributed by atoms with Crippen LogP contribution in [0.1, 0.15) is 39.5 Å². The normalized spacial score (nSPS) is 37.0. The summed E-state index contributed by atoms with van der Waals surface area (Å²) in [7, 11) is 0. The van der Waals surface area contributed by atoms with Gasteiger partial charge in [-0.25, -0.2) is 0 Å². The molecule has 3 heteroatoms. The summed E-state index contributed by atoms with van der Waals surface area (Å²) >= 11 is 0. The second-order valence-corrected chi connectivity index (χ2v) is 5.59. The largest absolute Gasteiger partial charge is 0.392 e. The SMILES string of the molecule is CC1(C)CCC(CN2CCCC(O)C2)O1. The van der Waals surface area contributed by atoms with E-state index in [-0.39, 0.29) is 11.7 Å². The topological polar surface area (TPSA) is 32.7 Å². The van der Waals surface area contributed by atoms with E-state index in [1.165, 1.54) is 6.42 Å². The van der Waals surface area contributed by atoms with Crippen molar-refractivity contribution in [2.45, 2.75) is 57.3 Å². The molecule has 0 aliphatic carbocycles. The summed E-state index contributed by atoms with van der Waals surface area (Å²) < 4.78 is 5.96. The van der Waals surface area contributed by atoms with Crippen LogP contribution >= 0.6 is 0 Å². The van der Waals surface area contributed by atoms with E-state index in [2.05, 4.69) is 18.7 Å². The first-order valence-electron chi connectivity index (χ1n) is 6.13. The summed E-state index contributed by atoms with van der Waals surface area (Å²) in [6.45, 7) is 7.29. The Morgan fingerprint density at radius 3 is 2.80 bits per heavy atom. The zero-order valence-corrected chi connectivity index (χ0v) is 9.91. The van der Waals surface area contributed by atoms with Crippen LogP contribution in [-0.4, -0.2) is 47.4 Å². The maximum atomic E-state index is 9.57. The number of nitrogens with zero attached hydrogens (tertiary/aromatic N) is 1. The van der Waals surface area contributed by atoms with Crippen LogP contribution in [-0.2, 0) is 4.74 Å². The van der Waals surface area contributed by atoms with E-state index in [9.17, 15) is 5.11 Å². The Bertz CT molecular complexity index is 218. The van der Waals surface area contributed by atoms with Crippen molar-refractivity contribution in [3.8, 4) is 0 Å². The van der Waals surface area contributed by atoms with E-state index in [0.29, 0.717) is 6.10 Å². The van der Waals surface area contributed by atoms with Gasteiger partial charge in [-0.2, -0.15) is 0 Å². The second kappa shape index (κ2) is 4.40. The van der Waals surface area contributed by atoms with Crippen LogP contribution in [0.3, 0.4) is 0 Å². The Balaban J connectivity index is 1.77. The lowest BCUT2D eigenvalue weighted by molar-refractivity contribution is -0.0379. The molecule has 88 valence electrons. The molecule has 0 amide bonds. The average Bonchev–Trinajstić information content (AvgIpc) is 2.45. The number of ether oxygens (including phenoxy) is 1.